The molecule has 0 radical (unpaired) electrons. The van der Waals surface area contributed by atoms with Crippen LogP contribution in [0, 0.1) is 0 Å². The Hall–Kier alpha value is -0.700. The van der Waals surface area contributed by atoms with Gasteiger partial charge in [0.05, 0.1) is 6.54 Å². The molecule has 1 fully saturated rings. The lowest BCUT2D eigenvalue weighted by Gasteiger charge is -2.32. The predicted octanol–water partition coefficient (Wildman–Crippen LogP) is -1.28. The summed E-state index contributed by atoms with van der Waals surface area (Å²) in [5, 5.41) is 3.09. The topological polar surface area (TPSA) is 95.7 Å². The van der Waals surface area contributed by atoms with Crippen molar-refractivity contribution in [2.24, 2.45) is 5.73 Å². The number of carbonyl (C=O) groups excluding carboxylic acids is 1. The number of primary amides is 1. The molecule has 8 heteroatoms. The average Bonchev–Trinajstić information content (AvgIpc) is 2.77. The van der Waals surface area contributed by atoms with Crippen LogP contribution in [-0.2, 0) is 15.0 Å². The van der Waals surface area contributed by atoms with Gasteiger partial charge in [0.1, 0.15) is 0 Å². The first-order chi connectivity index (χ1) is 8.26. The third-order valence-corrected chi connectivity index (χ3v) is 5.31. The van der Waals surface area contributed by atoms with E-state index in [1.807, 2.05) is 0 Å². The van der Waals surface area contributed by atoms with E-state index in [2.05, 4.69) is 5.32 Å². The van der Waals surface area contributed by atoms with Crippen LogP contribution in [0.25, 0.3) is 0 Å². The van der Waals surface area contributed by atoms with Crippen molar-refractivity contribution in [1.29, 1.82) is 0 Å². The minimum Gasteiger partial charge on any atom is -0.369 e. The molecular formula is C10H22N4O3S. The van der Waals surface area contributed by atoms with Gasteiger partial charge in [-0.15, -0.1) is 0 Å². The first-order valence-electron chi connectivity index (χ1n) is 6.00. The van der Waals surface area contributed by atoms with E-state index in [9.17, 15) is 13.2 Å². The summed E-state index contributed by atoms with van der Waals surface area (Å²) in [4.78, 5) is 11.1. The van der Waals surface area contributed by atoms with Gasteiger partial charge in [0.25, 0.3) is 10.2 Å². The van der Waals surface area contributed by atoms with E-state index in [1.54, 1.807) is 13.8 Å². The van der Waals surface area contributed by atoms with Crippen LogP contribution in [-0.4, -0.2) is 61.7 Å². The van der Waals surface area contributed by atoms with Gasteiger partial charge in [-0.1, -0.05) is 0 Å². The Balaban J connectivity index is 2.97. The second-order valence-electron chi connectivity index (χ2n) is 4.78. The molecule has 1 aliphatic heterocycles. The lowest BCUT2D eigenvalue weighted by molar-refractivity contribution is -0.118. The van der Waals surface area contributed by atoms with Crippen molar-refractivity contribution in [3.05, 3.63) is 0 Å². The minimum absolute atomic E-state index is 0.167. The van der Waals surface area contributed by atoms with Gasteiger partial charge in [0.15, 0.2) is 0 Å². The van der Waals surface area contributed by atoms with Gasteiger partial charge in [-0.05, 0) is 26.8 Å². The van der Waals surface area contributed by atoms with Crippen LogP contribution in [0.1, 0.15) is 20.3 Å². The van der Waals surface area contributed by atoms with E-state index in [1.165, 1.54) is 15.7 Å². The summed E-state index contributed by atoms with van der Waals surface area (Å²) < 4.78 is 27.3. The molecule has 3 N–H and O–H groups in total. The summed E-state index contributed by atoms with van der Waals surface area (Å²) in [6.45, 7) is 4.60. The summed E-state index contributed by atoms with van der Waals surface area (Å²) >= 11 is 0. The second-order valence-corrected chi connectivity index (χ2v) is 6.72. The molecule has 0 aromatic heterocycles. The highest BCUT2D eigenvalue weighted by Crippen LogP contribution is 2.17. The number of nitrogens with two attached hydrogens (primary N) is 1. The zero-order chi connectivity index (χ0) is 13.9. The molecule has 1 amide bonds. The van der Waals surface area contributed by atoms with Crippen LogP contribution in [0.2, 0.25) is 0 Å². The third-order valence-electron chi connectivity index (χ3n) is 3.14. The zero-order valence-corrected chi connectivity index (χ0v) is 11.9. The molecule has 0 aromatic carbocycles. The fraction of sp³-hybridized carbons (Fsp3) is 0.900. The molecule has 106 valence electrons. The fourth-order valence-corrected chi connectivity index (χ4v) is 3.58. The standard InChI is InChI=1S/C10H22N4O3S/c1-8(2)13(3)18(16,17)14(7-10(11)15)9-4-5-12-6-9/h8-9,12H,4-7H2,1-3H3,(H2,11,15). The molecule has 1 saturated heterocycles. The molecule has 0 aromatic rings. The monoisotopic (exact) mass is 278 g/mol. The Labute approximate surface area is 108 Å². The number of hydrogen-bond acceptors (Lipinski definition) is 4. The van der Waals surface area contributed by atoms with Crippen LogP contribution in [0.15, 0.2) is 0 Å². The molecule has 1 aliphatic rings. The van der Waals surface area contributed by atoms with Gasteiger partial charge in [-0.2, -0.15) is 17.0 Å². The third kappa shape index (κ3) is 3.41. The lowest BCUT2D eigenvalue weighted by Crippen LogP contribution is -2.52. The Kier molecular flexibility index (Phi) is 5.09. The minimum atomic E-state index is -3.65. The zero-order valence-electron chi connectivity index (χ0n) is 11.1. The summed E-state index contributed by atoms with van der Waals surface area (Å²) in [5.41, 5.74) is 5.15. The smallest absolute Gasteiger partial charge is 0.282 e. The molecule has 0 spiro atoms. The Morgan fingerprint density at radius 3 is 2.50 bits per heavy atom. The maximum atomic E-state index is 12.4. The summed E-state index contributed by atoms with van der Waals surface area (Å²) in [6.07, 6.45) is 0.693. The van der Waals surface area contributed by atoms with Crippen LogP contribution < -0.4 is 11.1 Å². The van der Waals surface area contributed by atoms with Gasteiger partial charge < -0.3 is 11.1 Å². The predicted molar refractivity (Wildman–Crippen MR) is 69.0 cm³/mol. The van der Waals surface area contributed by atoms with Gasteiger partial charge >= 0.3 is 0 Å². The largest absolute Gasteiger partial charge is 0.369 e. The van der Waals surface area contributed by atoms with Crippen molar-refractivity contribution < 1.29 is 13.2 Å². The Morgan fingerprint density at radius 1 is 1.50 bits per heavy atom. The number of rotatable bonds is 6. The summed E-state index contributed by atoms with van der Waals surface area (Å²) in [7, 11) is -2.14. The molecule has 0 bridgehead atoms. The number of nitrogens with zero attached hydrogens (tertiary/aromatic N) is 2. The highest BCUT2D eigenvalue weighted by molar-refractivity contribution is 7.86. The van der Waals surface area contributed by atoms with Gasteiger partial charge in [0, 0.05) is 25.7 Å². The molecule has 7 nitrogen and oxygen atoms in total. The lowest BCUT2D eigenvalue weighted by atomic mass is 10.2. The van der Waals surface area contributed by atoms with Crippen LogP contribution >= 0.6 is 0 Å². The summed E-state index contributed by atoms with van der Waals surface area (Å²) in [5.74, 6) is -0.636. The maximum Gasteiger partial charge on any atom is 0.282 e. The number of nitrogens with one attached hydrogen (secondary N) is 1. The van der Waals surface area contributed by atoms with Crippen molar-refractivity contribution >= 4 is 16.1 Å². The number of amides is 1. The van der Waals surface area contributed by atoms with E-state index in [-0.39, 0.29) is 18.6 Å². The van der Waals surface area contributed by atoms with Crippen molar-refractivity contribution in [1.82, 2.24) is 13.9 Å². The van der Waals surface area contributed by atoms with Crippen molar-refractivity contribution in [3.8, 4) is 0 Å². The molecule has 1 rings (SSSR count). The number of hydrogen-bond donors (Lipinski definition) is 2. The Morgan fingerprint density at radius 2 is 2.11 bits per heavy atom. The normalized spacial score (nSPS) is 21.1. The first-order valence-corrected chi connectivity index (χ1v) is 7.40. The second kappa shape index (κ2) is 5.96. The first kappa shape index (κ1) is 15.4. The van der Waals surface area contributed by atoms with Gasteiger partial charge in [-0.25, -0.2) is 0 Å². The number of carbonyl (C=O) groups is 1. The van der Waals surface area contributed by atoms with Crippen LogP contribution in [0.5, 0.6) is 0 Å². The molecule has 1 unspecified atom stereocenters. The van der Waals surface area contributed by atoms with Gasteiger partial charge in [0.2, 0.25) is 5.91 Å². The molecular weight excluding hydrogens is 256 g/mol. The molecule has 0 aliphatic carbocycles. The highest BCUT2D eigenvalue weighted by Gasteiger charge is 2.36. The SMILES string of the molecule is CC(C)N(C)S(=O)(=O)N(CC(N)=O)C1CCNC1. The van der Waals surface area contributed by atoms with Gasteiger partial charge in [-0.3, -0.25) is 4.79 Å². The van der Waals surface area contributed by atoms with E-state index in [0.29, 0.717) is 13.0 Å². The highest BCUT2D eigenvalue weighted by atomic mass is 32.2. The molecule has 18 heavy (non-hydrogen) atoms. The van der Waals surface area contributed by atoms with Crippen LogP contribution in [0.3, 0.4) is 0 Å². The fourth-order valence-electron chi connectivity index (χ4n) is 1.87. The van der Waals surface area contributed by atoms with E-state index >= 15 is 0 Å². The molecule has 1 heterocycles. The summed E-state index contributed by atoms with van der Waals surface area (Å²) in [6, 6.07) is -0.372. The Bertz CT molecular complexity index is 390. The van der Waals surface area contributed by atoms with Crippen LogP contribution in [0.4, 0.5) is 0 Å². The van der Waals surface area contributed by atoms with Crippen molar-refractivity contribution in [2.45, 2.75) is 32.4 Å². The van der Waals surface area contributed by atoms with E-state index in [0.717, 1.165) is 6.54 Å². The molecule has 1 atom stereocenters. The quantitative estimate of drug-likeness (QED) is 0.632. The van der Waals surface area contributed by atoms with E-state index in [4.69, 9.17) is 5.73 Å². The van der Waals surface area contributed by atoms with E-state index < -0.39 is 16.1 Å². The molecule has 0 saturated carbocycles. The van der Waals surface area contributed by atoms with Crippen molar-refractivity contribution in [2.75, 3.05) is 26.7 Å². The average molecular weight is 278 g/mol. The maximum absolute atomic E-state index is 12.4. The van der Waals surface area contributed by atoms with Crippen molar-refractivity contribution in [3.63, 3.8) is 0 Å².